The zero-order chi connectivity index (χ0) is 21.5. The number of rotatable bonds is 7. The summed E-state index contributed by atoms with van der Waals surface area (Å²) < 4.78 is 5.41. The van der Waals surface area contributed by atoms with E-state index in [0.29, 0.717) is 17.1 Å². The highest BCUT2D eigenvalue weighted by atomic mass is 16.5. The highest BCUT2D eigenvalue weighted by Crippen LogP contribution is 2.30. The lowest BCUT2D eigenvalue weighted by Gasteiger charge is -2.19. The molecule has 2 amide bonds. The lowest BCUT2D eigenvalue weighted by Crippen LogP contribution is -2.22. The van der Waals surface area contributed by atoms with E-state index in [-0.39, 0.29) is 17.7 Å². The molecule has 0 saturated heterocycles. The first kappa shape index (κ1) is 21.1. The summed E-state index contributed by atoms with van der Waals surface area (Å²) >= 11 is 0. The van der Waals surface area contributed by atoms with Crippen molar-refractivity contribution in [2.24, 2.45) is 5.92 Å². The summed E-state index contributed by atoms with van der Waals surface area (Å²) in [6, 6.07) is 24.5. The minimum atomic E-state index is -0.446. The average Bonchev–Trinajstić information content (AvgIpc) is 2.76. The third-order valence-electron chi connectivity index (χ3n) is 4.78. The molecule has 30 heavy (non-hydrogen) atoms. The Kier molecular flexibility index (Phi) is 6.86. The van der Waals surface area contributed by atoms with Gasteiger partial charge in [-0.2, -0.15) is 0 Å². The summed E-state index contributed by atoms with van der Waals surface area (Å²) in [7, 11) is 1.53. The first-order valence-electron chi connectivity index (χ1n) is 9.89. The fourth-order valence-corrected chi connectivity index (χ4v) is 3.15. The highest BCUT2D eigenvalue weighted by Gasteiger charge is 2.23. The standard InChI is InChI=1S/C25H26N2O3/c1-17(2)24(28)27-21-15-14-20(16-22(21)30-3)26-25(29)23(18-10-6-4-7-11-18)19-12-8-5-9-13-19/h4-17,23H,1-3H3,(H,26,29)(H,27,28). The molecular formula is C25H26N2O3. The number of amides is 2. The molecule has 0 aliphatic heterocycles. The van der Waals surface area contributed by atoms with Gasteiger partial charge in [0.2, 0.25) is 11.8 Å². The maximum absolute atomic E-state index is 13.2. The van der Waals surface area contributed by atoms with Crippen LogP contribution in [-0.4, -0.2) is 18.9 Å². The zero-order valence-corrected chi connectivity index (χ0v) is 17.4. The van der Waals surface area contributed by atoms with Gasteiger partial charge in [-0.05, 0) is 23.3 Å². The van der Waals surface area contributed by atoms with Crippen molar-refractivity contribution in [2.45, 2.75) is 19.8 Å². The van der Waals surface area contributed by atoms with Gasteiger partial charge in [-0.1, -0.05) is 74.5 Å². The SMILES string of the molecule is COc1cc(NC(=O)C(c2ccccc2)c2ccccc2)ccc1NC(=O)C(C)C. The van der Waals surface area contributed by atoms with Crippen molar-refractivity contribution in [2.75, 3.05) is 17.7 Å². The van der Waals surface area contributed by atoms with Crippen molar-refractivity contribution in [3.8, 4) is 5.75 Å². The largest absolute Gasteiger partial charge is 0.494 e. The second kappa shape index (κ2) is 9.74. The van der Waals surface area contributed by atoms with E-state index in [1.165, 1.54) is 7.11 Å². The molecule has 0 fully saturated rings. The Labute approximate surface area is 177 Å². The maximum Gasteiger partial charge on any atom is 0.236 e. The maximum atomic E-state index is 13.2. The second-order valence-corrected chi connectivity index (χ2v) is 7.30. The number of carbonyl (C=O) groups excluding carboxylic acids is 2. The molecule has 0 atom stereocenters. The monoisotopic (exact) mass is 402 g/mol. The summed E-state index contributed by atoms with van der Waals surface area (Å²) in [4.78, 5) is 25.3. The number of benzene rings is 3. The van der Waals surface area contributed by atoms with Crippen LogP contribution in [0, 0.1) is 5.92 Å². The smallest absolute Gasteiger partial charge is 0.236 e. The molecule has 3 aromatic carbocycles. The van der Waals surface area contributed by atoms with E-state index in [1.54, 1.807) is 18.2 Å². The van der Waals surface area contributed by atoms with Crippen molar-refractivity contribution in [1.82, 2.24) is 0 Å². The van der Waals surface area contributed by atoms with Crippen molar-refractivity contribution in [3.63, 3.8) is 0 Å². The number of nitrogens with one attached hydrogen (secondary N) is 2. The van der Waals surface area contributed by atoms with E-state index >= 15 is 0 Å². The molecule has 3 rings (SSSR count). The number of methoxy groups -OCH3 is 1. The van der Waals surface area contributed by atoms with E-state index in [4.69, 9.17) is 4.74 Å². The van der Waals surface area contributed by atoms with Gasteiger partial charge in [0.05, 0.1) is 18.7 Å². The fraction of sp³-hybridized carbons (Fsp3) is 0.200. The highest BCUT2D eigenvalue weighted by molar-refractivity contribution is 5.99. The van der Waals surface area contributed by atoms with Gasteiger partial charge in [0, 0.05) is 17.7 Å². The van der Waals surface area contributed by atoms with Crippen LogP contribution in [0.3, 0.4) is 0 Å². The molecule has 0 aliphatic carbocycles. The number of anilines is 2. The minimum Gasteiger partial charge on any atom is -0.494 e. The average molecular weight is 402 g/mol. The Bertz CT molecular complexity index is 962. The molecular weight excluding hydrogens is 376 g/mol. The number of ether oxygens (including phenoxy) is 1. The van der Waals surface area contributed by atoms with E-state index in [1.807, 2.05) is 74.5 Å². The Morgan fingerprint density at radius 3 is 1.83 bits per heavy atom. The molecule has 0 unspecified atom stereocenters. The molecule has 0 bridgehead atoms. The fourth-order valence-electron chi connectivity index (χ4n) is 3.15. The minimum absolute atomic E-state index is 0.0988. The lowest BCUT2D eigenvalue weighted by molar-refractivity contribution is -0.119. The van der Waals surface area contributed by atoms with Crippen molar-refractivity contribution in [1.29, 1.82) is 0 Å². The Morgan fingerprint density at radius 2 is 1.33 bits per heavy atom. The third-order valence-corrected chi connectivity index (χ3v) is 4.78. The van der Waals surface area contributed by atoms with Crippen LogP contribution in [0.2, 0.25) is 0 Å². The summed E-state index contributed by atoms with van der Waals surface area (Å²) in [6.07, 6.45) is 0. The number of hydrogen-bond acceptors (Lipinski definition) is 3. The van der Waals surface area contributed by atoms with Crippen LogP contribution < -0.4 is 15.4 Å². The van der Waals surface area contributed by atoms with Crippen LogP contribution >= 0.6 is 0 Å². The van der Waals surface area contributed by atoms with Crippen LogP contribution in [0.4, 0.5) is 11.4 Å². The number of hydrogen-bond donors (Lipinski definition) is 2. The topological polar surface area (TPSA) is 67.4 Å². The molecule has 0 heterocycles. The van der Waals surface area contributed by atoms with Crippen LogP contribution in [0.5, 0.6) is 5.75 Å². The van der Waals surface area contributed by atoms with Crippen LogP contribution in [0.25, 0.3) is 0 Å². The summed E-state index contributed by atoms with van der Waals surface area (Å²) in [5, 5.41) is 5.82. The van der Waals surface area contributed by atoms with Gasteiger partial charge in [0.15, 0.2) is 0 Å². The van der Waals surface area contributed by atoms with Crippen molar-refractivity contribution in [3.05, 3.63) is 90.0 Å². The van der Waals surface area contributed by atoms with Gasteiger partial charge in [-0.3, -0.25) is 9.59 Å². The van der Waals surface area contributed by atoms with E-state index in [9.17, 15) is 9.59 Å². The Morgan fingerprint density at radius 1 is 0.767 bits per heavy atom. The van der Waals surface area contributed by atoms with Gasteiger partial charge in [0.25, 0.3) is 0 Å². The van der Waals surface area contributed by atoms with Crippen molar-refractivity contribution < 1.29 is 14.3 Å². The first-order valence-corrected chi connectivity index (χ1v) is 9.89. The molecule has 3 aromatic rings. The predicted molar refractivity (Wildman–Crippen MR) is 120 cm³/mol. The van der Waals surface area contributed by atoms with Crippen LogP contribution in [0.15, 0.2) is 78.9 Å². The molecule has 0 aliphatic rings. The lowest BCUT2D eigenvalue weighted by atomic mass is 9.90. The van der Waals surface area contributed by atoms with Gasteiger partial charge in [-0.15, -0.1) is 0 Å². The molecule has 0 aromatic heterocycles. The second-order valence-electron chi connectivity index (χ2n) is 7.30. The predicted octanol–water partition coefficient (Wildman–Crippen LogP) is 5.06. The van der Waals surface area contributed by atoms with Crippen LogP contribution in [0.1, 0.15) is 30.9 Å². The van der Waals surface area contributed by atoms with E-state index in [2.05, 4.69) is 10.6 Å². The van der Waals surface area contributed by atoms with Gasteiger partial charge in [0.1, 0.15) is 5.75 Å². The molecule has 5 heteroatoms. The Balaban J connectivity index is 1.86. The molecule has 0 saturated carbocycles. The number of carbonyl (C=O) groups is 2. The normalized spacial score (nSPS) is 10.7. The molecule has 0 radical (unpaired) electrons. The quantitative estimate of drug-likeness (QED) is 0.580. The molecule has 2 N–H and O–H groups in total. The van der Waals surface area contributed by atoms with Gasteiger partial charge in [-0.25, -0.2) is 0 Å². The molecule has 154 valence electrons. The summed E-state index contributed by atoms with van der Waals surface area (Å²) in [5.74, 6) is -0.352. The van der Waals surface area contributed by atoms with Gasteiger partial charge >= 0.3 is 0 Å². The van der Waals surface area contributed by atoms with E-state index in [0.717, 1.165) is 11.1 Å². The van der Waals surface area contributed by atoms with E-state index < -0.39 is 5.92 Å². The summed E-state index contributed by atoms with van der Waals surface area (Å²) in [5.41, 5.74) is 2.98. The first-order chi connectivity index (χ1) is 14.5. The third kappa shape index (κ3) is 5.06. The molecule has 5 nitrogen and oxygen atoms in total. The van der Waals surface area contributed by atoms with Crippen LogP contribution in [-0.2, 0) is 9.59 Å². The molecule has 0 spiro atoms. The zero-order valence-electron chi connectivity index (χ0n) is 17.4. The van der Waals surface area contributed by atoms with Gasteiger partial charge < -0.3 is 15.4 Å². The van der Waals surface area contributed by atoms with Crippen molar-refractivity contribution >= 4 is 23.2 Å². The Hall–Kier alpha value is -3.60. The summed E-state index contributed by atoms with van der Waals surface area (Å²) in [6.45, 7) is 3.65.